The molecule has 3 rings (SSSR count). The Bertz CT molecular complexity index is 1390. The van der Waals surface area contributed by atoms with Crippen LogP contribution in [-0.2, 0) is 14.3 Å². The van der Waals surface area contributed by atoms with E-state index in [1.165, 1.54) is 12.1 Å². The van der Waals surface area contributed by atoms with Crippen molar-refractivity contribution >= 4 is 47.0 Å². The molecule has 8 nitrogen and oxygen atoms in total. The molecule has 0 bridgehead atoms. The Morgan fingerprint density at radius 3 is 2.37 bits per heavy atom. The van der Waals surface area contributed by atoms with Gasteiger partial charge in [0.2, 0.25) is 0 Å². The SMILES string of the molecule is C#CN(C(=O)C(CS)NC(=O)OC(C)(C)C)C(C(=O)Nc1ccc2ccccc2c1)c1ccc(O)c(C)c1. The zero-order valence-electron chi connectivity index (χ0n) is 21.7. The van der Waals surface area contributed by atoms with Crippen LogP contribution < -0.4 is 10.6 Å². The summed E-state index contributed by atoms with van der Waals surface area (Å²) in [6.07, 6.45) is 4.95. The second-order valence-electron chi connectivity index (χ2n) is 9.72. The summed E-state index contributed by atoms with van der Waals surface area (Å²) in [6.45, 7) is 6.74. The summed E-state index contributed by atoms with van der Waals surface area (Å²) < 4.78 is 5.26. The van der Waals surface area contributed by atoms with Gasteiger partial charge in [-0.15, -0.1) is 0 Å². The Morgan fingerprint density at radius 2 is 1.76 bits per heavy atom. The number of terminal acetylenes is 1. The van der Waals surface area contributed by atoms with Crippen LogP contribution in [-0.4, -0.2) is 45.3 Å². The number of fused-ring (bicyclic) bond motifs is 1. The van der Waals surface area contributed by atoms with Crippen LogP contribution in [0, 0.1) is 19.4 Å². The number of hydrogen-bond donors (Lipinski definition) is 4. The van der Waals surface area contributed by atoms with Crippen LogP contribution in [0.15, 0.2) is 60.7 Å². The largest absolute Gasteiger partial charge is 0.508 e. The number of aromatic hydroxyl groups is 1. The monoisotopic (exact) mass is 533 g/mol. The van der Waals surface area contributed by atoms with E-state index in [1.54, 1.807) is 39.8 Å². The number of alkyl carbamates (subject to hydrolysis) is 1. The van der Waals surface area contributed by atoms with Crippen LogP contribution in [0.1, 0.15) is 37.9 Å². The van der Waals surface area contributed by atoms with E-state index >= 15 is 0 Å². The van der Waals surface area contributed by atoms with Crippen LogP contribution in [0.5, 0.6) is 5.75 Å². The van der Waals surface area contributed by atoms with E-state index in [1.807, 2.05) is 36.4 Å². The maximum absolute atomic E-state index is 13.7. The lowest BCUT2D eigenvalue weighted by molar-refractivity contribution is -0.136. The first kappa shape index (κ1) is 28.4. The van der Waals surface area contributed by atoms with Crippen molar-refractivity contribution in [3.8, 4) is 18.2 Å². The summed E-state index contributed by atoms with van der Waals surface area (Å²) in [7, 11) is 0. The van der Waals surface area contributed by atoms with Crippen molar-refractivity contribution in [1.82, 2.24) is 10.2 Å². The molecule has 0 spiro atoms. The quantitative estimate of drug-likeness (QED) is 0.199. The van der Waals surface area contributed by atoms with Gasteiger partial charge in [-0.3, -0.25) is 14.5 Å². The molecule has 0 aliphatic carbocycles. The first-order valence-corrected chi connectivity index (χ1v) is 12.6. The van der Waals surface area contributed by atoms with Crippen molar-refractivity contribution in [2.45, 2.75) is 45.4 Å². The number of thiol groups is 1. The van der Waals surface area contributed by atoms with E-state index in [0.717, 1.165) is 15.7 Å². The molecule has 0 aliphatic rings. The van der Waals surface area contributed by atoms with Gasteiger partial charge in [0.1, 0.15) is 23.4 Å². The molecule has 2 unspecified atom stereocenters. The van der Waals surface area contributed by atoms with Crippen molar-refractivity contribution in [1.29, 1.82) is 0 Å². The molecule has 0 heterocycles. The minimum atomic E-state index is -1.28. The van der Waals surface area contributed by atoms with Gasteiger partial charge in [0.05, 0.1) is 0 Å². The van der Waals surface area contributed by atoms with Gasteiger partial charge in [-0.25, -0.2) is 4.79 Å². The Kier molecular flexibility index (Phi) is 8.92. The van der Waals surface area contributed by atoms with Gasteiger partial charge in [0, 0.05) is 17.5 Å². The standard InChI is InChI=1S/C29H31N3O5S/c1-6-32(27(35)23(17-38)31-28(36)37-29(3,4)5)25(21-12-14-24(33)18(2)15-21)26(34)30-22-13-11-19-9-7-8-10-20(19)16-22/h1,7-16,23,25,33,38H,17H2,2-5H3,(H,30,34)(H,31,36). The summed E-state index contributed by atoms with van der Waals surface area (Å²) in [5.41, 5.74) is 0.593. The van der Waals surface area contributed by atoms with Gasteiger partial charge in [0.15, 0.2) is 0 Å². The molecule has 0 fully saturated rings. The van der Waals surface area contributed by atoms with Crippen LogP contribution >= 0.6 is 12.6 Å². The lowest BCUT2D eigenvalue weighted by Crippen LogP contribution is -2.51. The molecular weight excluding hydrogens is 502 g/mol. The molecule has 0 saturated carbocycles. The molecular formula is C29H31N3O5S. The summed E-state index contributed by atoms with van der Waals surface area (Å²) in [4.78, 5) is 40.5. The van der Waals surface area contributed by atoms with Gasteiger partial charge in [-0.05, 0) is 73.9 Å². The van der Waals surface area contributed by atoms with Crippen LogP contribution in [0.4, 0.5) is 10.5 Å². The number of rotatable bonds is 7. The van der Waals surface area contributed by atoms with Gasteiger partial charge in [-0.2, -0.15) is 12.6 Å². The Labute approximate surface area is 227 Å². The Balaban J connectivity index is 1.96. The smallest absolute Gasteiger partial charge is 0.408 e. The molecule has 3 aromatic carbocycles. The minimum Gasteiger partial charge on any atom is -0.508 e. The van der Waals surface area contributed by atoms with Gasteiger partial charge in [-0.1, -0.05) is 42.8 Å². The van der Waals surface area contributed by atoms with Crippen molar-refractivity contribution in [2.75, 3.05) is 11.1 Å². The van der Waals surface area contributed by atoms with E-state index in [4.69, 9.17) is 11.2 Å². The topological polar surface area (TPSA) is 108 Å². The fraction of sp³-hybridized carbons (Fsp3) is 0.276. The van der Waals surface area contributed by atoms with Crippen LogP contribution in [0.25, 0.3) is 10.8 Å². The highest BCUT2D eigenvalue weighted by atomic mass is 32.1. The third-order valence-electron chi connectivity index (χ3n) is 5.61. The highest BCUT2D eigenvalue weighted by Crippen LogP contribution is 2.28. The summed E-state index contributed by atoms with van der Waals surface area (Å²) in [5.74, 6) is -1.37. The first-order valence-electron chi connectivity index (χ1n) is 11.9. The van der Waals surface area contributed by atoms with Crippen molar-refractivity contribution in [3.05, 3.63) is 71.8 Å². The Morgan fingerprint density at radius 1 is 1.08 bits per heavy atom. The number of benzene rings is 3. The summed E-state index contributed by atoms with van der Waals surface area (Å²) >= 11 is 4.21. The molecule has 0 radical (unpaired) electrons. The van der Waals surface area contributed by atoms with E-state index in [-0.39, 0.29) is 11.5 Å². The molecule has 0 saturated heterocycles. The highest BCUT2D eigenvalue weighted by Gasteiger charge is 2.35. The zero-order chi connectivity index (χ0) is 28.0. The predicted molar refractivity (Wildman–Crippen MR) is 151 cm³/mol. The number of amides is 3. The predicted octanol–water partition coefficient (Wildman–Crippen LogP) is 4.78. The molecule has 0 aromatic heterocycles. The number of aryl methyl sites for hydroxylation is 1. The van der Waals surface area contributed by atoms with Crippen molar-refractivity contribution in [3.63, 3.8) is 0 Å². The number of ether oxygens (including phenoxy) is 1. The fourth-order valence-corrected chi connectivity index (χ4v) is 4.06. The van der Waals surface area contributed by atoms with Gasteiger partial charge < -0.3 is 20.5 Å². The Hall–Kier alpha value is -4.16. The molecule has 3 aromatic rings. The lowest BCUT2D eigenvalue weighted by atomic mass is 10.0. The number of anilines is 1. The summed E-state index contributed by atoms with van der Waals surface area (Å²) in [5, 5.41) is 17.3. The second-order valence-corrected chi connectivity index (χ2v) is 10.1. The van der Waals surface area contributed by atoms with Crippen molar-refractivity contribution in [2.24, 2.45) is 0 Å². The normalized spacial score (nSPS) is 12.6. The van der Waals surface area contributed by atoms with Crippen LogP contribution in [0.2, 0.25) is 0 Å². The second kappa shape index (κ2) is 11.9. The number of carbonyl (C=O) groups excluding carboxylic acids is 3. The summed E-state index contributed by atoms with van der Waals surface area (Å²) in [6, 6.07) is 17.5. The fourth-order valence-electron chi connectivity index (χ4n) is 3.81. The number of hydrogen-bond acceptors (Lipinski definition) is 6. The maximum Gasteiger partial charge on any atom is 0.408 e. The van der Waals surface area contributed by atoms with Crippen molar-refractivity contribution < 1.29 is 24.2 Å². The lowest BCUT2D eigenvalue weighted by Gasteiger charge is -2.30. The molecule has 3 N–H and O–H groups in total. The number of nitrogens with zero attached hydrogens (tertiary/aromatic N) is 1. The van der Waals surface area contributed by atoms with Crippen LogP contribution in [0.3, 0.4) is 0 Å². The van der Waals surface area contributed by atoms with E-state index in [0.29, 0.717) is 16.8 Å². The number of phenolic OH excluding ortho intramolecular Hbond substituents is 1. The molecule has 3 amide bonds. The number of phenols is 1. The third kappa shape index (κ3) is 6.99. The molecule has 9 heteroatoms. The van der Waals surface area contributed by atoms with E-state index in [2.05, 4.69) is 29.3 Å². The average Bonchev–Trinajstić information content (AvgIpc) is 2.86. The minimum absolute atomic E-state index is 0.0286. The maximum atomic E-state index is 13.7. The number of carbonyl (C=O) groups is 3. The van der Waals surface area contributed by atoms with E-state index < -0.39 is 35.6 Å². The highest BCUT2D eigenvalue weighted by molar-refractivity contribution is 7.80. The van der Waals surface area contributed by atoms with Gasteiger partial charge in [0.25, 0.3) is 11.8 Å². The molecule has 38 heavy (non-hydrogen) atoms. The zero-order valence-corrected chi connectivity index (χ0v) is 22.6. The molecule has 198 valence electrons. The molecule has 0 aliphatic heterocycles. The average molecular weight is 534 g/mol. The third-order valence-corrected chi connectivity index (χ3v) is 5.97. The van der Waals surface area contributed by atoms with Gasteiger partial charge >= 0.3 is 6.09 Å². The van der Waals surface area contributed by atoms with E-state index in [9.17, 15) is 19.5 Å². The number of nitrogens with one attached hydrogen (secondary N) is 2. The first-order chi connectivity index (χ1) is 17.9. The molecule has 2 atom stereocenters.